The van der Waals surface area contributed by atoms with Crippen molar-refractivity contribution < 1.29 is 9.53 Å². The summed E-state index contributed by atoms with van der Waals surface area (Å²) in [5, 5.41) is 2.90. The van der Waals surface area contributed by atoms with E-state index in [2.05, 4.69) is 16.8 Å². The minimum Gasteiger partial charge on any atom is -0.497 e. The second-order valence-electron chi connectivity index (χ2n) is 4.74. The van der Waals surface area contributed by atoms with E-state index in [0.717, 1.165) is 44.2 Å². The van der Waals surface area contributed by atoms with E-state index in [9.17, 15) is 4.79 Å². The van der Waals surface area contributed by atoms with Gasteiger partial charge in [-0.15, -0.1) is 6.58 Å². The highest BCUT2D eigenvalue weighted by molar-refractivity contribution is 5.89. The summed E-state index contributed by atoms with van der Waals surface area (Å²) in [6.07, 6.45) is 1.89. The van der Waals surface area contributed by atoms with Crippen LogP contribution in [0.3, 0.4) is 0 Å². The normalized spacial score (nSPS) is 15.8. The number of hydrogen-bond donors (Lipinski definition) is 1. The first-order valence-electron chi connectivity index (χ1n) is 6.76. The summed E-state index contributed by atoms with van der Waals surface area (Å²) in [6, 6.07) is 7.32. The third kappa shape index (κ3) is 3.74. The first kappa shape index (κ1) is 14.4. The number of carbonyl (C=O) groups is 1. The third-order valence-electron chi connectivity index (χ3n) is 3.37. The van der Waals surface area contributed by atoms with Gasteiger partial charge in [0.1, 0.15) is 5.75 Å². The van der Waals surface area contributed by atoms with Crippen molar-refractivity contribution in [2.45, 2.75) is 0 Å². The number of nitrogens with zero attached hydrogens (tertiary/aromatic N) is 2. The van der Waals surface area contributed by atoms with E-state index in [1.807, 2.05) is 35.2 Å². The molecule has 2 amide bonds. The number of methoxy groups -OCH3 is 1. The van der Waals surface area contributed by atoms with E-state index in [-0.39, 0.29) is 6.03 Å². The molecule has 1 aromatic carbocycles. The molecule has 1 fully saturated rings. The van der Waals surface area contributed by atoms with E-state index in [1.165, 1.54) is 0 Å². The van der Waals surface area contributed by atoms with Crippen LogP contribution < -0.4 is 10.1 Å². The summed E-state index contributed by atoms with van der Waals surface area (Å²) in [6.45, 7) is 7.87. The predicted octanol–water partition coefficient (Wildman–Crippen LogP) is 2.03. The van der Waals surface area contributed by atoms with Crippen molar-refractivity contribution in [2.75, 3.05) is 45.2 Å². The van der Waals surface area contributed by atoms with Crippen molar-refractivity contribution in [1.82, 2.24) is 9.80 Å². The van der Waals surface area contributed by atoms with Crippen LogP contribution in [0.4, 0.5) is 10.5 Å². The molecule has 0 spiro atoms. The maximum absolute atomic E-state index is 12.2. The topological polar surface area (TPSA) is 44.8 Å². The van der Waals surface area contributed by atoms with Gasteiger partial charge in [-0.1, -0.05) is 12.1 Å². The molecule has 0 unspecified atom stereocenters. The van der Waals surface area contributed by atoms with Crippen LogP contribution in [0.2, 0.25) is 0 Å². The quantitative estimate of drug-likeness (QED) is 0.855. The van der Waals surface area contributed by atoms with E-state index in [0.29, 0.717) is 0 Å². The van der Waals surface area contributed by atoms with Gasteiger partial charge in [-0.25, -0.2) is 4.79 Å². The first-order chi connectivity index (χ1) is 9.72. The summed E-state index contributed by atoms with van der Waals surface area (Å²) in [5.74, 6) is 0.735. The molecule has 1 heterocycles. The van der Waals surface area contributed by atoms with Gasteiger partial charge < -0.3 is 15.0 Å². The lowest BCUT2D eigenvalue weighted by Crippen LogP contribution is -2.49. The largest absolute Gasteiger partial charge is 0.497 e. The highest BCUT2D eigenvalue weighted by atomic mass is 16.5. The number of piperazine rings is 1. The average molecular weight is 275 g/mol. The van der Waals surface area contributed by atoms with Crippen molar-refractivity contribution in [1.29, 1.82) is 0 Å². The number of urea groups is 1. The van der Waals surface area contributed by atoms with Crippen LogP contribution in [-0.4, -0.2) is 55.7 Å². The maximum Gasteiger partial charge on any atom is 0.321 e. The lowest BCUT2D eigenvalue weighted by molar-refractivity contribution is 0.156. The van der Waals surface area contributed by atoms with Gasteiger partial charge in [0.2, 0.25) is 0 Å². The first-order valence-corrected chi connectivity index (χ1v) is 6.76. The zero-order chi connectivity index (χ0) is 14.4. The van der Waals surface area contributed by atoms with Gasteiger partial charge in [0.05, 0.1) is 7.11 Å². The number of carbonyl (C=O) groups excluding carboxylic acids is 1. The summed E-state index contributed by atoms with van der Waals surface area (Å²) in [4.78, 5) is 16.3. The van der Waals surface area contributed by atoms with Crippen LogP contribution in [0.1, 0.15) is 0 Å². The fraction of sp³-hybridized carbons (Fsp3) is 0.400. The summed E-state index contributed by atoms with van der Waals surface area (Å²) >= 11 is 0. The predicted molar refractivity (Wildman–Crippen MR) is 80.2 cm³/mol. The van der Waals surface area contributed by atoms with E-state index < -0.39 is 0 Å². The number of hydrogen-bond acceptors (Lipinski definition) is 3. The number of benzene rings is 1. The zero-order valence-electron chi connectivity index (χ0n) is 11.8. The van der Waals surface area contributed by atoms with Crippen molar-refractivity contribution in [3.63, 3.8) is 0 Å². The Balaban J connectivity index is 1.87. The number of nitrogens with one attached hydrogen (secondary N) is 1. The molecule has 0 bridgehead atoms. The zero-order valence-corrected chi connectivity index (χ0v) is 11.8. The number of amides is 2. The average Bonchev–Trinajstić information content (AvgIpc) is 2.48. The number of anilines is 1. The van der Waals surface area contributed by atoms with Crippen LogP contribution >= 0.6 is 0 Å². The molecule has 0 aromatic heterocycles. The molecule has 108 valence electrons. The molecule has 1 N–H and O–H groups in total. The lowest BCUT2D eigenvalue weighted by Gasteiger charge is -2.34. The Kier molecular flexibility index (Phi) is 5.01. The molecule has 0 aliphatic carbocycles. The molecule has 1 aliphatic heterocycles. The fourth-order valence-corrected chi connectivity index (χ4v) is 2.22. The van der Waals surface area contributed by atoms with Gasteiger partial charge in [0, 0.05) is 44.5 Å². The van der Waals surface area contributed by atoms with Crippen molar-refractivity contribution in [3.05, 3.63) is 36.9 Å². The summed E-state index contributed by atoms with van der Waals surface area (Å²) < 4.78 is 5.14. The molecule has 0 radical (unpaired) electrons. The molecule has 1 saturated heterocycles. The van der Waals surface area contributed by atoms with Crippen LogP contribution in [-0.2, 0) is 0 Å². The van der Waals surface area contributed by atoms with Crippen LogP contribution in [0, 0.1) is 0 Å². The van der Waals surface area contributed by atoms with Gasteiger partial charge in [0.15, 0.2) is 0 Å². The minimum atomic E-state index is -0.0588. The highest BCUT2D eigenvalue weighted by Crippen LogP contribution is 2.17. The Labute approximate surface area is 119 Å². The summed E-state index contributed by atoms with van der Waals surface area (Å²) in [7, 11) is 1.61. The molecule has 1 aliphatic rings. The van der Waals surface area contributed by atoms with Gasteiger partial charge in [-0.2, -0.15) is 0 Å². The van der Waals surface area contributed by atoms with Crippen molar-refractivity contribution in [2.24, 2.45) is 0 Å². The van der Waals surface area contributed by atoms with Crippen LogP contribution in [0.5, 0.6) is 5.75 Å². The molecule has 20 heavy (non-hydrogen) atoms. The molecule has 0 atom stereocenters. The minimum absolute atomic E-state index is 0.0588. The highest BCUT2D eigenvalue weighted by Gasteiger charge is 2.20. The Bertz CT molecular complexity index is 468. The van der Waals surface area contributed by atoms with E-state index in [1.54, 1.807) is 7.11 Å². The second-order valence-corrected chi connectivity index (χ2v) is 4.74. The maximum atomic E-state index is 12.2. The van der Waals surface area contributed by atoms with Gasteiger partial charge in [-0.05, 0) is 12.1 Å². The van der Waals surface area contributed by atoms with E-state index >= 15 is 0 Å². The van der Waals surface area contributed by atoms with E-state index in [4.69, 9.17) is 4.74 Å². The van der Waals surface area contributed by atoms with Crippen LogP contribution in [0.25, 0.3) is 0 Å². The molecule has 1 aromatic rings. The van der Waals surface area contributed by atoms with Gasteiger partial charge in [0.25, 0.3) is 0 Å². The Hall–Kier alpha value is -2.01. The lowest BCUT2D eigenvalue weighted by atomic mass is 10.3. The molecular formula is C15H21N3O2. The SMILES string of the molecule is C=CCN1CCN(C(=O)Nc2cccc(OC)c2)CC1. The Morgan fingerprint density at radius 2 is 2.15 bits per heavy atom. The Morgan fingerprint density at radius 3 is 2.80 bits per heavy atom. The van der Waals surface area contributed by atoms with Gasteiger partial charge in [-0.3, -0.25) is 4.90 Å². The van der Waals surface area contributed by atoms with Crippen molar-refractivity contribution in [3.8, 4) is 5.75 Å². The number of rotatable bonds is 4. The Morgan fingerprint density at radius 1 is 1.40 bits per heavy atom. The molecule has 2 rings (SSSR count). The number of ether oxygens (including phenoxy) is 1. The smallest absolute Gasteiger partial charge is 0.321 e. The van der Waals surface area contributed by atoms with Gasteiger partial charge >= 0.3 is 6.03 Å². The van der Waals surface area contributed by atoms with Crippen molar-refractivity contribution >= 4 is 11.7 Å². The molecule has 5 nitrogen and oxygen atoms in total. The molecule has 5 heteroatoms. The third-order valence-corrected chi connectivity index (χ3v) is 3.37. The summed E-state index contributed by atoms with van der Waals surface area (Å²) in [5.41, 5.74) is 0.753. The van der Waals surface area contributed by atoms with Crippen LogP contribution in [0.15, 0.2) is 36.9 Å². The fourth-order valence-electron chi connectivity index (χ4n) is 2.22. The second kappa shape index (κ2) is 6.96. The standard InChI is InChI=1S/C15H21N3O2/c1-3-7-17-8-10-18(11-9-17)15(19)16-13-5-4-6-14(12-13)20-2/h3-6,12H,1,7-11H2,2H3,(H,16,19). The molecule has 0 saturated carbocycles. The molecular weight excluding hydrogens is 254 g/mol. The monoisotopic (exact) mass is 275 g/mol.